The van der Waals surface area contributed by atoms with Crippen LogP contribution in [0.25, 0.3) is 0 Å². The molecule has 4 rings (SSSR count). The predicted octanol–water partition coefficient (Wildman–Crippen LogP) is 3.07. The van der Waals surface area contributed by atoms with Gasteiger partial charge in [0.25, 0.3) is 5.91 Å². The summed E-state index contributed by atoms with van der Waals surface area (Å²) in [7, 11) is 0. The van der Waals surface area contributed by atoms with Crippen molar-refractivity contribution >= 4 is 23.1 Å². The third kappa shape index (κ3) is 3.62. The maximum absolute atomic E-state index is 12.4. The average molecular weight is 359 g/mol. The molecule has 132 valence electrons. The minimum atomic E-state index is -0.402. The molecule has 0 fully saturated rings. The molecule has 0 saturated carbocycles. The van der Waals surface area contributed by atoms with Gasteiger partial charge in [-0.15, -0.1) is 0 Å². The number of nitrogens with zero attached hydrogens (tertiary/aromatic N) is 3. The Balaban J connectivity index is 1.50. The second kappa shape index (κ2) is 7.01. The van der Waals surface area contributed by atoms with Crippen molar-refractivity contribution in [2.24, 2.45) is 0 Å². The largest absolute Gasteiger partial charge is 0.454 e. The van der Waals surface area contributed by atoms with Crippen molar-refractivity contribution in [3.8, 4) is 17.6 Å². The van der Waals surface area contributed by atoms with E-state index in [4.69, 9.17) is 14.7 Å². The molecule has 0 unspecified atom stereocenters. The van der Waals surface area contributed by atoms with E-state index < -0.39 is 5.91 Å². The summed E-state index contributed by atoms with van der Waals surface area (Å²) < 4.78 is 10.6. The number of rotatable bonds is 4. The fraction of sp³-hybridized carbons (Fsp3) is 0.0526. The van der Waals surface area contributed by atoms with Gasteiger partial charge < -0.3 is 20.1 Å². The first-order valence-electron chi connectivity index (χ1n) is 8.01. The van der Waals surface area contributed by atoms with Crippen molar-refractivity contribution in [1.82, 2.24) is 9.97 Å². The summed E-state index contributed by atoms with van der Waals surface area (Å²) in [6.07, 6.45) is 1.30. The van der Waals surface area contributed by atoms with Crippen molar-refractivity contribution in [2.45, 2.75) is 0 Å². The van der Waals surface area contributed by atoms with Crippen LogP contribution in [0.2, 0.25) is 0 Å². The molecule has 8 nitrogen and oxygen atoms in total. The van der Waals surface area contributed by atoms with Gasteiger partial charge in [-0.1, -0.05) is 6.07 Å². The summed E-state index contributed by atoms with van der Waals surface area (Å²) >= 11 is 0. The molecule has 1 aliphatic rings. The Bertz CT molecular complexity index is 1060. The predicted molar refractivity (Wildman–Crippen MR) is 97.0 cm³/mol. The second-order valence-electron chi connectivity index (χ2n) is 5.63. The zero-order valence-corrected chi connectivity index (χ0v) is 14.0. The van der Waals surface area contributed by atoms with E-state index in [0.717, 1.165) is 5.69 Å². The van der Waals surface area contributed by atoms with Gasteiger partial charge in [0, 0.05) is 23.5 Å². The van der Waals surface area contributed by atoms with Gasteiger partial charge in [-0.2, -0.15) is 5.26 Å². The molecule has 8 heteroatoms. The molecule has 2 aromatic carbocycles. The Hall–Kier alpha value is -4.12. The first-order valence-corrected chi connectivity index (χ1v) is 8.01. The molecule has 0 spiro atoms. The molecule has 0 atom stereocenters. The number of nitriles is 1. The molecular formula is C19H13N5O3. The number of aromatic nitrogens is 2. The smallest absolute Gasteiger partial charge is 0.274 e. The Morgan fingerprint density at radius 3 is 2.81 bits per heavy atom. The first-order chi connectivity index (χ1) is 13.2. The summed E-state index contributed by atoms with van der Waals surface area (Å²) in [6.45, 7) is 0.198. The number of benzene rings is 2. The number of amides is 1. The molecule has 3 aromatic rings. The molecule has 27 heavy (non-hydrogen) atoms. The minimum absolute atomic E-state index is 0.190. The molecule has 2 heterocycles. The summed E-state index contributed by atoms with van der Waals surface area (Å²) in [6, 6.07) is 15.6. The van der Waals surface area contributed by atoms with Gasteiger partial charge in [0.05, 0.1) is 11.6 Å². The van der Waals surface area contributed by atoms with Gasteiger partial charge in [-0.25, -0.2) is 9.97 Å². The third-order valence-electron chi connectivity index (χ3n) is 3.79. The summed E-state index contributed by atoms with van der Waals surface area (Å²) in [5.74, 6) is 1.38. The number of carbonyl (C=O) groups excluding carboxylic acids is 1. The van der Waals surface area contributed by atoms with Gasteiger partial charge >= 0.3 is 0 Å². The Kier molecular flexibility index (Phi) is 4.25. The van der Waals surface area contributed by atoms with Crippen LogP contribution in [0, 0.1) is 11.3 Å². The van der Waals surface area contributed by atoms with E-state index in [1.807, 2.05) is 12.1 Å². The maximum Gasteiger partial charge on any atom is 0.274 e. The monoisotopic (exact) mass is 359 g/mol. The fourth-order valence-electron chi connectivity index (χ4n) is 2.53. The van der Waals surface area contributed by atoms with Crippen molar-refractivity contribution < 1.29 is 14.3 Å². The zero-order valence-electron chi connectivity index (χ0n) is 14.0. The SMILES string of the molecule is N#Cc1cccc(NC(=O)c2cc(Nc3ccc4c(c3)OCO4)ncn2)c1. The Morgan fingerprint density at radius 2 is 1.93 bits per heavy atom. The van der Waals surface area contributed by atoms with Crippen LogP contribution in [-0.2, 0) is 0 Å². The number of ether oxygens (including phenoxy) is 2. The lowest BCUT2D eigenvalue weighted by molar-refractivity contribution is 0.102. The highest BCUT2D eigenvalue weighted by atomic mass is 16.7. The number of hydrogen-bond donors (Lipinski definition) is 2. The number of nitrogens with one attached hydrogen (secondary N) is 2. The summed E-state index contributed by atoms with van der Waals surface area (Å²) in [5.41, 5.74) is 1.91. The molecule has 1 aromatic heterocycles. The van der Waals surface area contributed by atoms with Crippen LogP contribution in [0.1, 0.15) is 16.1 Å². The summed E-state index contributed by atoms with van der Waals surface area (Å²) in [4.78, 5) is 20.6. The quantitative estimate of drug-likeness (QED) is 0.737. The molecule has 0 radical (unpaired) electrons. The lowest BCUT2D eigenvalue weighted by atomic mass is 10.2. The Morgan fingerprint density at radius 1 is 1.04 bits per heavy atom. The van der Waals surface area contributed by atoms with E-state index in [1.54, 1.807) is 36.4 Å². The van der Waals surface area contributed by atoms with Crippen LogP contribution in [0.3, 0.4) is 0 Å². The normalized spacial score (nSPS) is 11.5. The standard InChI is InChI=1S/C19H13N5O3/c20-9-12-2-1-3-13(6-12)24-19(25)15-8-18(22-10-21-15)23-14-4-5-16-17(7-14)27-11-26-16/h1-8,10H,11H2,(H,24,25)(H,21,22,23). The first kappa shape index (κ1) is 16.4. The zero-order chi connectivity index (χ0) is 18.6. The molecule has 0 aliphatic carbocycles. The van der Waals surface area contributed by atoms with Crippen LogP contribution in [-0.4, -0.2) is 22.7 Å². The lowest BCUT2D eigenvalue weighted by Crippen LogP contribution is -2.14. The molecule has 1 amide bonds. The summed E-state index contributed by atoms with van der Waals surface area (Å²) in [5, 5.41) is 14.8. The topological polar surface area (TPSA) is 109 Å². The van der Waals surface area contributed by atoms with Gasteiger partial charge in [0.15, 0.2) is 11.5 Å². The number of anilines is 3. The van der Waals surface area contributed by atoms with Crippen molar-refractivity contribution in [2.75, 3.05) is 17.4 Å². The van der Waals surface area contributed by atoms with Crippen molar-refractivity contribution in [1.29, 1.82) is 5.26 Å². The van der Waals surface area contributed by atoms with Crippen molar-refractivity contribution in [3.63, 3.8) is 0 Å². The molecular weight excluding hydrogens is 346 g/mol. The third-order valence-corrected chi connectivity index (χ3v) is 3.79. The highest BCUT2D eigenvalue weighted by Gasteiger charge is 2.14. The van der Waals surface area contributed by atoms with Crippen LogP contribution in [0.15, 0.2) is 54.9 Å². The van der Waals surface area contributed by atoms with E-state index >= 15 is 0 Å². The fourth-order valence-corrected chi connectivity index (χ4v) is 2.53. The lowest BCUT2D eigenvalue weighted by Gasteiger charge is -2.08. The van der Waals surface area contributed by atoms with E-state index in [0.29, 0.717) is 28.6 Å². The van der Waals surface area contributed by atoms with Gasteiger partial charge in [-0.05, 0) is 30.3 Å². The van der Waals surface area contributed by atoms with E-state index in [9.17, 15) is 4.79 Å². The highest BCUT2D eigenvalue weighted by molar-refractivity contribution is 6.03. The number of hydrogen-bond acceptors (Lipinski definition) is 7. The maximum atomic E-state index is 12.4. The molecule has 2 N–H and O–H groups in total. The van der Waals surface area contributed by atoms with E-state index in [2.05, 4.69) is 20.6 Å². The Labute approximate surface area is 154 Å². The average Bonchev–Trinajstić information content (AvgIpc) is 3.16. The van der Waals surface area contributed by atoms with Crippen LogP contribution < -0.4 is 20.1 Å². The minimum Gasteiger partial charge on any atom is -0.454 e. The van der Waals surface area contributed by atoms with E-state index in [-0.39, 0.29) is 12.5 Å². The molecule has 0 saturated heterocycles. The van der Waals surface area contributed by atoms with Gasteiger partial charge in [-0.3, -0.25) is 4.79 Å². The molecule has 0 bridgehead atoms. The second-order valence-corrected chi connectivity index (χ2v) is 5.63. The highest BCUT2D eigenvalue weighted by Crippen LogP contribution is 2.34. The van der Waals surface area contributed by atoms with Crippen LogP contribution >= 0.6 is 0 Å². The van der Waals surface area contributed by atoms with E-state index in [1.165, 1.54) is 12.4 Å². The van der Waals surface area contributed by atoms with Crippen LogP contribution in [0.4, 0.5) is 17.2 Å². The van der Waals surface area contributed by atoms with Gasteiger partial charge in [0.1, 0.15) is 17.8 Å². The van der Waals surface area contributed by atoms with Gasteiger partial charge in [0.2, 0.25) is 6.79 Å². The number of fused-ring (bicyclic) bond motifs is 1. The molecule has 1 aliphatic heterocycles. The number of carbonyl (C=O) groups is 1. The van der Waals surface area contributed by atoms with Crippen LogP contribution in [0.5, 0.6) is 11.5 Å². The van der Waals surface area contributed by atoms with Crippen molar-refractivity contribution in [3.05, 3.63) is 66.1 Å².